The summed E-state index contributed by atoms with van der Waals surface area (Å²) in [5.41, 5.74) is 0.771. The average Bonchev–Trinajstić information content (AvgIpc) is 2.72. The van der Waals surface area contributed by atoms with Crippen LogP contribution in [0.15, 0.2) is 18.2 Å². The van der Waals surface area contributed by atoms with Crippen molar-refractivity contribution in [1.82, 2.24) is 0 Å². The van der Waals surface area contributed by atoms with Gasteiger partial charge in [-0.1, -0.05) is 35.3 Å². The smallest absolute Gasteiger partial charge is 0.165 e. The predicted octanol–water partition coefficient (Wildman–Crippen LogP) is 3.67. The van der Waals surface area contributed by atoms with Crippen molar-refractivity contribution in [3.05, 3.63) is 33.8 Å². The van der Waals surface area contributed by atoms with Gasteiger partial charge in [0.2, 0.25) is 0 Å². The van der Waals surface area contributed by atoms with Crippen LogP contribution >= 0.6 is 23.2 Å². The number of carbonyl (C=O) groups is 1. The largest absolute Gasteiger partial charge is 0.367 e. The van der Waals surface area contributed by atoms with Crippen LogP contribution in [0.25, 0.3) is 0 Å². The molecule has 92 valence electrons. The quantitative estimate of drug-likeness (QED) is 0.839. The van der Waals surface area contributed by atoms with Gasteiger partial charge in [-0.2, -0.15) is 0 Å². The molecule has 0 aliphatic carbocycles. The van der Waals surface area contributed by atoms with Gasteiger partial charge in [0.25, 0.3) is 0 Å². The van der Waals surface area contributed by atoms with Gasteiger partial charge in [0.1, 0.15) is 6.10 Å². The van der Waals surface area contributed by atoms with E-state index in [4.69, 9.17) is 27.9 Å². The monoisotopic (exact) mass is 272 g/mol. The van der Waals surface area contributed by atoms with Crippen LogP contribution in [0.2, 0.25) is 10.0 Å². The van der Waals surface area contributed by atoms with Crippen molar-refractivity contribution in [1.29, 1.82) is 0 Å². The SMILES string of the molecule is CC1CCC(C(=O)Cc2cccc(Cl)c2Cl)O1. The van der Waals surface area contributed by atoms with Crippen molar-refractivity contribution in [3.8, 4) is 0 Å². The van der Waals surface area contributed by atoms with E-state index in [0.29, 0.717) is 10.0 Å². The molecule has 2 rings (SSSR count). The van der Waals surface area contributed by atoms with E-state index < -0.39 is 0 Å². The minimum atomic E-state index is -0.278. The molecule has 0 aromatic heterocycles. The second-order valence-electron chi connectivity index (χ2n) is 4.37. The van der Waals surface area contributed by atoms with Gasteiger partial charge < -0.3 is 4.74 Å². The molecule has 1 aromatic rings. The number of Topliss-reactive ketones (excluding diaryl/α,β-unsaturated/α-hetero) is 1. The van der Waals surface area contributed by atoms with E-state index in [1.165, 1.54) is 0 Å². The maximum Gasteiger partial charge on any atom is 0.165 e. The minimum absolute atomic E-state index is 0.0820. The first kappa shape index (κ1) is 12.9. The molecule has 2 nitrogen and oxygen atoms in total. The second kappa shape index (κ2) is 5.38. The summed E-state index contributed by atoms with van der Waals surface area (Å²) in [7, 11) is 0. The second-order valence-corrected chi connectivity index (χ2v) is 5.15. The average molecular weight is 273 g/mol. The Bertz CT molecular complexity index is 431. The summed E-state index contributed by atoms with van der Waals surface area (Å²) in [5, 5.41) is 0.950. The molecule has 0 saturated carbocycles. The lowest BCUT2D eigenvalue weighted by Crippen LogP contribution is -2.22. The standard InChI is InChI=1S/C13H14Cl2O2/c1-8-5-6-12(17-8)11(16)7-9-3-2-4-10(14)13(9)15/h2-4,8,12H,5-7H2,1H3. The lowest BCUT2D eigenvalue weighted by Gasteiger charge is -2.11. The molecule has 1 aliphatic rings. The Morgan fingerprint density at radius 1 is 1.41 bits per heavy atom. The minimum Gasteiger partial charge on any atom is -0.367 e. The van der Waals surface area contributed by atoms with Gasteiger partial charge in [-0.25, -0.2) is 0 Å². The molecule has 4 heteroatoms. The highest BCUT2D eigenvalue weighted by Crippen LogP contribution is 2.27. The maximum absolute atomic E-state index is 12.0. The molecule has 1 aromatic carbocycles. The van der Waals surface area contributed by atoms with Crippen molar-refractivity contribution >= 4 is 29.0 Å². The maximum atomic E-state index is 12.0. The normalized spacial score (nSPS) is 23.9. The summed E-state index contributed by atoms with van der Waals surface area (Å²) in [6.07, 6.45) is 1.94. The van der Waals surface area contributed by atoms with Gasteiger partial charge >= 0.3 is 0 Å². The molecule has 1 saturated heterocycles. The van der Waals surface area contributed by atoms with Crippen LogP contribution in [0.5, 0.6) is 0 Å². The fraction of sp³-hybridized carbons (Fsp3) is 0.462. The molecule has 2 atom stereocenters. The van der Waals surface area contributed by atoms with Crippen LogP contribution in [0.1, 0.15) is 25.3 Å². The van der Waals surface area contributed by atoms with Crippen molar-refractivity contribution in [2.75, 3.05) is 0 Å². The van der Waals surface area contributed by atoms with Crippen molar-refractivity contribution in [2.45, 2.75) is 38.4 Å². The Balaban J connectivity index is 2.06. The lowest BCUT2D eigenvalue weighted by molar-refractivity contribution is -0.128. The van der Waals surface area contributed by atoms with E-state index in [9.17, 15) is 4.79 Å². The predicted molar refractivity (Wildman–Crippen MR) is 68.7 cm³/mol. The molecule has 0 N–H and O–H groups in total. The third kappa shape index (κ3) is 3.01. The molecular weight excluding hydrogens is 259 g/mol. The number of benzene rings is 1. The number of halogens is 2. The Hall–Kier alpha value is -0.570. The van der Waals surface area contributed by atoms with E-state index in [1.807, 2.05) is 13.0 Å². The highest BCUT2D eigenvalue weighted by molar-refractivity contribution is 6.42. The van der Waals surface area contributed by atoms with Crippen molar-refractivity contribution < 1.29 is 9.53 Å². The van der Waals surface area contributed by atoms with Gasteiger partial charge in [-0.3, -0.25) is 4.79 Å². The highest BCUT2D eigenvalue weighted by atomic mass is 35.5. The Morgan fingerprint density at radius 2 is 2.18 bits per heavy atom. The molecule has 2 unspecified atom stereocenters. The molecule has 0 bridgehead atoms. The third-order valence-corrected chi connectivity index (χ3v) is 3.85. The summed E-state index contributed by atoms with van der Waals surface area (Å²) in [5.74, 6) is 0.0820. The number of carbonyl (C=O) groups excluding carboxylic acids is 1. The van der Waals surface area contributed by atoms with Crippen LogP contribution in [-0.4, -0.2) is 18.0 Å². The number of hydrogen-bond acceptors (Lipinski definition) is 2. The number of rotatable bonds is 3. The van der Waals surface area contributed by atoms with E-state index >= 15 is 0 Å². The summed E-state index contributed by atoms with van der Waals surface area (Å²) in [6.45, 7) is 1.99. The van der Waals surface area contributed by atoms with Gasteiger partial charge in [0.05, 0.1) is 16.1 Å². The fourth-order valence-corrected chi connectivity index (χ4v) is 2.41. The van der Waals surface area contributed by atoms with Gasteiger partial charge in [0, 0.05) is 6.42 Å². The van der Waals surface area contributed by atoms with E-state index in [-0.39, 0.29) is 24.4 Å². The molecule has 1 aliphatic heterocycles. The molecule has 1 heterocycles. The van der Waals surface area contributed by atoms with Gasteiger partial charge in [-0.15, -0.1) is 0 Å². The first-order chi connectivity index (χ1) is 8.08. The zero-order valence-electron chi connectivity index (χ0n) is 9.58. The summed E-state index contributed by atoms with van der Waals surface area (Å²) in [6, 6.07) is 5.34. The van der Waals surface area contributed by atoms with E-state index in [0.717, 1.165) is 18.4 Å². The van der Waals surface area contributed by atoms with Crippen LogP contribution in [0.3, 0.4) is 0 Å². The van der Waals surface area contributed by atoms with Crippen molar-refractivity contribution in [2.24, 2.45) is 0 Å². The fourth-order valence-electron chi connectivity index (χ4n) is 2.03. The first-order valence-electron chi connectivity index (χ1n) is 5.69. The van der Waals surface area contributed by atoms with Crippen LogP contribution < -0.4 is 0 Å². The van der Waals surface area contributed by atoms with Crippen LogP contribution in [0, 0.1) is 0 Å². The van der Waals surface area contributed by atoms with Gasteiger partial charge in [0.15, 0.2) is 5.78 Å². The van der Waals surface area contributed by atoms with E-state index in [2.05, 4.69) is 0 Å². The summed E-state index contributed by atoms with van der Waals surface area (Å²) in [4.78, 5) is 12.0. The van der Waals surface area contributed by atoms with Gasteiger partial charge in [-0.05, 0) is 31.4 Å². The molecule has 0 spiro atoms. The zero-order valence-corrected chi connectivity index (χ0v) is 11.1. The first-order valence-corrected chi connectivity index (χ1v) is 6.44. The number of ketones is 1. The number of ether oxygens (including phenoxy) is 1. The lowest BCUT2D eigenvalue weighted by atomic mass is 10.0. The Labute approximate surface area is 111 Å². The molecule has 0 radical (unpaired) electrons. The topological polar surface area (TPSA) is 26.3 Å². The van der Waals surface area contributed by atoms with Crippen LogP contribution in [0.4, 0.5) is 0 Å². The highest BCUT2D eigenvalue weighted by Gasteiger charge is 2.28. The number of hydrogen-bond donors (Lipinski definition) is 0. The van der Waals surface area contributed by atoms with E-state index in [1.54, 1.807) is 12.1 Å². The third-order valence-electron chi connectivity index (χ3n) is 2.99. The zero-order chi connectivity index (χ0) is 12.4. The molecule has 1 fully saturated rings. The molecular formula is C13H14Cl2O2. The van der Waals surface area contributed by atoms with Crippen molar-refractivity contribution in [3.63, 3.8) is 0 Å². The molecule has 17 heavy (non-hydrogen) atoms. The summed E-state index contributed by atoms with van der Waals surface area (Å²) >= 11 is 12.0. The molecule has 0 amide bonds. The van der Waals surface area contributed by atoms with Crippen LogP contribution in [-0.2, 0) is 16.0 Å². The summed E-state index contributed by atoms with van der Waals surface area (Å²) < 4.78 is 5.54. The Kier molecular flexibility index (Phi) is 4.08. The Morgan fingerprint density at radius 3 is 2.82 bits per heavy atom.